The van der Waals surface area contributed by atoms with Crippen molar-refractivity contribution in [1.82, 2.24) is 9.80 Å². The van der Waals surface area contributed by atoms with Crippen molar-refractivity contribution in [3.05, 3.63) is 109 Å². The molecule has 0 radical (unpaired) electrons. The Morgan fingerprint density at radius 3 is 1.04 bits per heavy atom. The van der Waals surface area contributed by atoms with E-state index in [1.54, 1.807) is 24.3 Å². The van der Waals surface area contributed by atoms with E-state index in [2.05, 4.69) is 0 Å². The molecular formula is C40H46N2O10S2. The van der Waals surface area contributed by atoms with Crippen LogP contribution in [0.3, 0.4) is 0 Å². The second-order valence-corrected chi connectivity index (χ2v) is 17.9. The zero-order chi connectivity index (χ0) is 39.0. The van der Waals surface area contributed by atoms with Gasteiger partial charge in [0.05, 0.1) is 24.0 Å². The normalized spacial score (nSPS) is 17.3. The van der Waals surface area contributed by atoms with Gasteiger partial charge in [-0.25, -0.2) is 16.8 Å². The Morgan fingerprint density at radius 1 is 0.481 bits per heavy atom. The van der Waals surface area contributed by atoms with Crippen LogP contribution in [0.4, 0.5) is 0 Å². The van der Waals surface area contributed by atoms with Gasteiger partial charge < -0.3 is 28.7 Å². The van der Waals surface area contributed by atoms with E-state index in [4.69, 9.17) is 18.9 Å². The summed E-state index contributed by atoms with van der Waals surface area (Å²) in [6.45, 7) is 2.07. The van der Waals surface area contributed by atoms with Crippen molar-refractivity contribution >= 4 is 31.6 Å². The Bertz CT molecular complexity index is 1920. The van der Waals surface area contributed by atoms with Crippen molar-refractivity contribution in [3.8, 4) is 23.0 Å². The molecule has 0 bridgehead atoms. The van der Waals surface area contributed by atoms with Crippen molar-refractivity contribution in [2.24, 2.45) is 0 Å². The number of para-hydroxylation sites is 2. The van der Waals surface area contributed by atoms with Gasteiger partial charge in [-0.3, -0.25) is 9.59 Å². The topological polar surface area (TPSA) is 146 Å². The van der Waals surface area contributed by atoms with Gasteiger partial charge in [-0.2, -0.15) is 0 Å². The van der Waals surface area contributed by atoms with Crippen LogP contribution in [0.2, 0.25) is 0 Å². The van der Waals surface area contributed by atoms with E-state index in [1.165, 1.54) is 38.5 Å². The summed E-state index contributed by atoms with van der Waals surface area (Å²) in [5, 5.41) is 0. The van der Waals surface area contributed by atoms with E-state index in [-0.39, 0.29) is 35.5 Å². The highest BCUT2D eigenvalue weighted by molar-refractivity contribution is 7.94. The van der Waals surface area contributed by atoms with E-state index in [0.717, 1.165) is 0 Å². The third-order valence-electron chi connectivity index (χ3n) is 9.96. The molecule has 0 spiro atoms. The van der Waals surface area contributed by atoms with Crippen LogP contribution in [0, 0.1) is 0 Å². The molecule has 2 saturated heterocycles. The fraction of sp³-hybridized carbons (Fsp3) is 0.350. The number of ether oxygens (including phenoxy) is 4. The smallest absolute Gasteiger partial charge is 0.327 e. The molecule has 12 nitrogen and oxygen atoms in total. The summed E-state index contributed by atoms with van der Waals surface area (Å²) in [5.74, 6) is 0.982. The van der Waals surface area contributed by atoms with Gasteiger partial charge in [0.1, 0.15) is 23.0 Å². The van der Waals surface area contributed by atoms with Crippen LogP contribution in [0.25, 0.3) is 0 Å². The molecule has 4 aromatic carbocycles. The summed E-state index contributed by atoms with van der Waals surface area (Å²) in [4.78, 5) is 29.2. The number of benzene rings is 4. The summed E-state index contributed by atoms with van der Waals surface area (Å²) in [7, 11) is -1.54. The molecule has 2 aliphatic heterocycles. The van der Waals surface area contributed by atoms with Crippen molar-refractivity contribution in [3.63, 3.8) is 0 Å². The number of hydrogen-bond acceptors (Lipinski definition) is 12. The first-order valence-electron chi connectivity index (χ1n) is 17.5. The number of rotatable bonds is 10. The molecule has 2 aliphatic rings. The zero-order valence-corrected chi connectivity index (χ0v) is 32.5. The molecule has 14 heteroatoms. The fourth-order valence-electron chi connectivity index (χ4n) is 6.57. The monoisotopic (exact) mass is 778 g/mol. The third kappa shape index (κ3) is 8.46. The number of nitrogens with zero attached hydrogens (tertiary/aromatic N) is 2. The lowest BCUT2D eigenvalue weighted by Crippen LogP contribution is -2.54. The lowest BCUT2D eigenvalue weighted by molar-refractivity contribution is -0.146. The Balaban J connectivity index is 0.000000208. The number of hydrogen-bond donors (Lipinski definition) is 0. The SMILES string of the molecule is COC(=O)C1(S(=O)(=O)c2ccc(Oc3ccccc3)cc2)CCN(C)CC1.COC(=O)C1(S(=O)(=O)c2ccc(Oc3ccccc3)cc2)CCN(C)CC1. The van der Waals surface area contributed by atoms with Crippen LogP contribution < -0.4 is 9.47 Å². The lowest BCUT2D eigenvalue weighted by atomic mass is 9.96. The van der Waals surface area contributed by atoms with Crippen molar-refractivity contribution in [1.29, 1.82) is 0 Å². The minimum absolute atomic E-state index is 0.0952. The Labute approximate surface area is 317 Å². The number of carbonyl (C=O) groups excluding carboxylic acids is 2. The molecule has 0 N–H and O–H groups in total. The Morgan fingerprint density at radius 2 is 0.759 bits per heavy atom. The molecule has 2 fully saturated rings. The third-order valence-corrected chi connectivity index (χ3v) is 15.0. The van der Waals surface area contributed by atoms with E-state index in [0.29, 0.717) is 49.2 Å². The van der Waals surface area contributed by atoms with Crippen LogP contribution in [0.5, 0.6) is 23.0 Å². The molecule has 0 aliphatic carbocycles. The van der Waals surface area contributed by atoms with Crippen LogP contribution in [-0.4, -0.2) is 103 Å². The average Bonchev–Trinajstić information content (AvgIpc) is 3.19. The highest BCUT2D eigenvalue weighted by Crippen LogP contribution is 2.39. The molecular weight excluding hydrogens is 733 g/mol. The number of piperidine rings is 2. The quantitative estimate of drug-likeness (QED) is 0.180. The van der Waals surface area contributed by atoms with Crippen LogP contribution >= 0.6 is 0 Å². The van der Waals surface area contributed by atoms with Gasteiger partial charge in [-0.05, 0) is 139 Å². The van der Waals surface area contributed by atoms with Gasteiger partial charge in [-0.1, -0.05) is 36.4 Å². The molecule has 0 saturated carbocycles. The Hall–Kier alpha value is -4.76. The van der Waals surface area contributed by atoms with Crippen LogP contribution in [0.1, 0.15) is 25.7 Å². The van der Waals surface area contributed by atoms with Gasteiger partial charge in [0.15, 0.2) is 29.2 Å². The van der Waals surface area contributed by atoms with Crippen molar-refractivity contribution in [2.75, 3.05) is 54.5 Å². The summed E-state index contributed by atoms with van der Waals surface area (Å²) >= 11 is 0. The van der Waals surface area contributed by atoms with Crippen LogP contribution in [0.15, 0.2) is 119 Å². The summed E-state index contributed by atoms with van der Waals surface area (Å²) in [6, 6.07) is 30.8. The first-order chi connectivity index (χ1) is 25.8. The molecule has 0 atom stereocenters. The highest BCUT2D eigenvalue weighted by atomic mass is 32.2. The van der Waals surface area contributed by atoms with E-state index < -0.39 is 41.1 Å². The molecule has 54 heavy (non-hydrogen) atoms. The minimum atomic E-state index is -3.90. The number of likely N-dealkylation sites (tertiary alicyclic amines) is 2. The first kappa shape index (κ1) is 40.4. The highest BCUT2D eigenvalue weighted by Gasteiger charge is 2.54. The van der Waals surface area contributed by atoms with Crippen molar-refractivity contribution < 1.29 is 45.4 Å². The van der Waals surface area contributed by atoms with Crippen molar-refractivity contribution in [2.45, 2.75) is 45.0 Å². The van der Waals surface area contributed by atoms with Gasteiger partial charge in [-0.15, -0.1) is 0 Å². The van der Waals surface area contributed by atoms with Gasteiger partial charge in [0, 0.05) is 0 Å². The zero-order valence-electron chi connectivity index (χ0n) is 30.8. The van der Waals surface area contributed by atoms with E-state index in [9.17, 15) is 26.4 Å². The standard InChI is InChI=1S/2C20H23NO5S/c2*1-21-14-12-20(13-15-21,19(22)25-2)27(23,24)18-10-8-17(9-11-18)26-16-6-4-3-5-7-16/h2*3-11H,12-15H2,1-2H3. The first-order valence-corrected chi connectivity index (χ1v) is 20.4. The maximum Gasteiger partial charge on any atom is 0.327 e. The molecule has 288 valence electrons. The summed E-state index contributed by atoms with van der Waals surface area (Å²) in [6.07, 6.45) is 0.836. The molecule has 2 heterocycles. The summed E-state index contributed by atoms with van der Waals surface area (Å²) in [5.41, 5.74) is 0. The predicted octanol–water partition coefficient (Wildman–Crippen LogP) is 5.78. The molecule has 4 aromatic rings. The molecule has 6 rings (SSSR count). The van der Waals surface area contributed by atoms with Crippen LogP contribution in [-0.2, 0) is 38.7 Å². The van der Waals surface area contributed by atoms with Gasteiger partial charge in [0.2, 0.25) is 0 Å². The minimum Gasteiger partial charge on any atom is -0.468 e. The maximum atomic E-state index is 13.3. The van der Waals surface area contributed by atoms with Gasteiger partial charge in [0.25, 0.3) is 0 Å². The average molecular weight is 779 g/mol. The number of sulfone groups is 2. The lowest BCUT2D eigenvalue weighted by Gasteiger charge is -2.37. The number of methoxy groups -OCH3 is 2. The molecule has 0 unspecified atom stereocenters. The predicted molar refractivity (Wildman–Crippen MR) is 203 cm³/mol. The molecule has 0 aromatic heterocycles. The molecule has 0 amide bonds. The number of esters is 2. The largest absolute Gasteiger partial charge is 0.468 e. The van der Waals surface area contributed by atoms with E-state index in [1.807, 2.05) is 84.6 Å². The second-order valence-electron chi connectivity index (χ2n) is 13.4. The maximum absolute atomic E-state index is 13.3. The Kier molecular flexibility index (Phi) is 12.8. The summed E-state index contributed by atoms with van der Waals surface area (Å²) < 4.78 is 71.4. The van der Waals surface area contributed by atoms with E-state index >= 15 is 0 Å². The fourth-order valence-corrected chi connectivity index (χ4v) is 10.5. The number of carbonyl (C=O) groups is 2. The second kappa shape index (κ2) is 17.1. The van der Waals surface area contributed by atoms with Gasteiger partial charge >= 0.3 is 11.9 Å².